The molecular formula is C13H18N2O2S. The first-order valence-corrected chi connectivity index (χ1v) is 7.33. The van der Waals surface area contributed by atoms with E-state index in [0.29, 0.717) is 17.1 Å². The van der Waals surface area contributed by atoms with Gasteiger partial charge in [0.2, 0.25) is 0 Å². The van der Waals surface area contributed by atoms with Crippen molar-refractivity contribution >= 4 is 27.8 Å². The number of Topliss-reactive ketones (excluding diaryl/α,β-unsaturated/α-hetero) is 1. The number of carbonyl (C=O) groups excluding carboxylic acids is 1. The Bertz CT molecular complexity index is 468. The Morgan fingerprint density at radius 2 is 2.22 bits per heavy atom. The fraction of sp³-hybridized carbons (Fsp3) is 0.615. The van der Waals surface area contributed by atoms with Gasteiger partial charge in [-0.15, -0.1) is 11.3 Å². The second kappa shape index (κ2) is 4.55. The molecule has 18 heavy (non-hydrogen) atoms. The summed E-state index contributed by atoms with van der Waals surface area (Å²) < 4.78 is 0. The molecule has 0 bridgehead atoms. The van der Waals surface area contributed by atoms with Crippen molar-refractivity contribution in [1.29, 1.82) is 0 Å². The highest BCUT2D eigenvalue weighted by atomic mass is 32.1. The number of nitrogen functional groups attached to an aromatic ring is 1. The first kappa shape index (κ1) is 12.0. The van der Waals surface area contributed by atoms with Crippen LogP contribution in [0.1, 0.15) is 35.4 Å². The number of ketones is 1. The molecular weight excluding hydrogens is 248 g/mol. The molecule has 1 saturated heterocycles. The molecule has 98 valence electrons. The quantitative estimate of drug-likeness (QED) is 0.820. The van der Waals surface area contributed by atoms with Gasteiger partial charge in [-0.1, -0.05) is 0 Å². The molecule has 3 rings (SSSR count). The van der Waals surface area contributed by atoms with Crippen molar-refractivity contribution < 1.29 is 9.90 Å². The third-order valence-electron chi connectivity index (χ3n) is 3.63. The van der Waals surface area contributed by atoms with Crippen molar-refractivity contribution in [2.45, 2.75) is 31.8 Å². The molecule has 0 aromatic carbocycles. The number of hydrogen-bond acceptors (Lipinski definition) is 5. The standard InChI is InChI=1S/C13H18N2O2S/c14-10-6-11(15-5-1-2-9(16)7-15)18-13(10)12(17)8-3-4-8/h6,8-9,16H,1-5,7,14H2. The zero-order valence-corrected chi connectivity index (χ0v) is 11.1. The molecule has 1 aliphatic heterocycles. The maximum Gasteiger partial charge on any atom is 0.178 e. The smallest absolute Gasteiger partial charge is 0.178 e. The SMILES string of the molecule is Nc1cc(N2CCCC(O)C2)sc1C(=O)C1CC1. The lowest BCUT2D eigenvalue weighted by molar-refractivity contribution is 0.0972. The van der Waals surface area contributed by atoms with Crippen molar-refractivity contribution in [2.75, 3.05) is 23.7 Å². The highest BCUT2D eigenvalue weighted by molar-refractivity contribution is 7.18. The minimum atomic E-state index is -0.260. The number of piperidine rings is 1. The van der Waals surface area contributed by atoms with Gasteiger partial charge in [-0.05, 0) is 31.7 Å². The molecule has 3 N–H and O–H groups in total. The van der Waals surface area contributed by atoms with Gasteiger partial charge in [-0.25, -0.2) is 0 Å². The number of thiophene rings is 1. The van der Waals surface area contributed by atoms with Crippen molar-refractivity contribution in [3.05, 3.63) is 10.9 Å². The predicted molar refractivity (Wildman–Crippen MR) is 73.2 cm³/mol. The molecule has 1 saturated carbocycles. The van der Waals surface area contributed by atoms with Crippen LogP contribution in [0.3, 0.4) is 0 Å². The van der Waals surface area contributed by atoms with E-state index in [9.17, 15) is 9.90 Å². The van der Waals surface area contributed by atoms with Crippen LogP contribution >= 0.6 is 11.3 Å². The largest absolute Gasteiger partial charge is 0.397 e. The molecule has 2 aliphatic rings. The number of nitrogens with zero attached hydrogens (tertiary/aromatic N) is 1. The van der Waals surface area contributed by atoms with Gasteiger partial charge >= 0.3 is 0 Å². The summed E-state index contributed by atoms with van der Waals surface area (Å²) in [5.74, 6) is 0.423. The lowest BCUT2D eigenvalue weighted by atomic mass is 10.1. The van der Waals surface area contributed by atoms with Gasteiger partial charge in [-0.2, -0.15) is 0 Å². The second-order valence-electron chi connectivity index (χ2n) is 5.25. The van der Waals surface area contributed by atoms with Crippen LogP contribution in [0.5, 0.6) is 0 Å². The lowest BCUT2D eigenvalue weighted by Crippen LogP contribution is -2.37. The zero-order valence-electron chi connectivity index (χ0n) is 10.3. The van der Waals surface area contributed by atoms with Crippen LogP contribution in [-0.4, -0.2) is 30.1 Å². The third-order valence-corrected chi connectivity index (χ3v) is 4.85. The van der Waals surface area contributed by atoms with Crippen LogP contribution in [0.2, 0.25) is 0 Å². The monoisotopic (exact) mass is 266 g/mol. The van der Waals surface area contributed by atoms with Gasteiger partial charge in [0.1, 0.15) is 0 Å². The highest BCUT2D eigenvalue weighted by Crippen LogP contribution is 2.40. The molecule has 1 atom stereocenters. The molecule has 1 aromatic heterocycles. The molecule has 0 spiro atoms. The molecule has 5 heteroatoms. The van der Waals surface area contributed by atoms with Crippen LogP contribution in [-0.2, 0) is 0 Å². The molecule has 2 fully saturated rings. The summed E-state index contributed by atoms with van der Waals surface area (Å²) in [6.45, 7) is 1.59. The van der Waals surface area contributed by atoms with Crippen molar-refractivity contribution in [2.24, 2.45) is 5.92 Å². The van der Waals surface area contributed by atoms with E-state index in [1.54, 1.807) is 0 Å². The molecule has 0 amide bonds. The number of aliphatic hydroxyl groups excluding tert-OH is 1. The van der Waals surface area contributed by atoms with E-state index >= 15 is 0 Å². The third kappa shape index (κ3) is 2.24. The summed E-state index contributed by atoms with van der Waals surface area (Å²) in [5.41, 5.74) is 6.55. The Hall–Kier alpha value is -1.07. The molecule has 1 aliphatic carbocycles. The first-order chi connectivity index (χ1) is 8.65. The van der Waals surface area contributed by atoms with Gasteiger partial charge in [0.25, 0.3) is 0 Å². The maximum atomic E-state index is 12.1. The minimum absolute atomic E-state index is 0.210. The molecule has 1 aromatic rings. The molecule has 2 heterocycles. The number of β-amino-alcohol motifs (C(OH)–C–C–N with tert-alkyl or cyclic N) is 1. The van der Waals surface area contributed by atoms with E-state index in [4.69, 9.17) is 5.73 Å². The Balaban J connectivity index is 1.80. The van der Waals surface area contributed by atoms with Crippen molar-refractivity contribution in [3.63, 3.8) is 0 Å². The zero-order chi connectivity index (χ0) is 12.7. The van der Waals surface area contributed by atoms with Crippen LogP contribution in [0.15, 0.2) is 6.07 Å². The Kier molecular flexibility index (Phi) is 3.03. The fourth-order valence-corrected chi connectivity index (χ4v) is 3.56. The number of anilines is 2. The minimum Gasteiger partial charge on any atom is -0.397 e. The fourth-order valence-electron chi connectivity index (χ4n) is 2.43. The van der Waals surface area contributed by atoms with Gasteiger partial charge in [0.15, 0.2) is 5.78 Å². The van der Waals surface area contributed by atoms with E-state index in [1.807, 2.05) is 6.07 Å². The molecule has 0 radical (unpaired) electrons. The van der Waals surface area contributed by atoms with E-state index in [-0.39, 0.29) is 17.8 Å². The maximum absolute atomic E-state index is 12.1. The predicted octanol–water partition coefficient (Wildman–Crippen LogP) is 1.88. The topological polar surface area (TPSA) is 66.6 Å². The summed E-state index contributed by atoms with van der Waals surface area (Å²) >= 11 is 1.48. The molecule has 1 unspecified atom stereocenters. The number of hydrogen-bond donors (Lipinski definition) is 2. The van der Waals surface area contributed by atoms with E-state index in [0.717, 1.165) is 37.2 Å². The molecule has 4 nitrogen and oxygen atoms in total. The van der Waals surface area contributed by atoms with Gasteiger partial charge in [-0.3, -0.25) is 4.79 Å². The Morgan fingerprint density at radius 3 is 2.89 bits per heavy atom. The van der Waals surface area contributed by atoms with Gasteiger partial charge in [0, 0.05) is 19.0 Å². The van der Waals surface area contributed by atoms with E-state index in [2.05, 4.69) is 4.90 Å². The summed E-state index contributed by atoms with van der Waals surface area (Å²) in [4.78, 5) is 14.9. The van der Waals surface area contributed by atoms with E-state index < -0.39 is 0 Å². The summed E-state index contributed by atoms with van der Waals surface area (Å²) in [6.07, 6.45) is 3.61. The van der Waals surface area contributed by atoms with E-state index in [1.165, 1.54) is 11.3 Å². The average molecular weight is 266 g/mol. The second-order valence-corrected chi connectivity index (χ2v) is 6.28. The summed E-state index contributed by atoms with van der Waals surface area (Å²) in [6, 6.07) is 1.89. The van der Waals surface area contributed by atoms with Gasteiger partial charge in [0.05, 0.1) is 21.7 Å². The highest BCUT2D eigenvalue weighted by Gasteiger charge is 2.33. The number of nitrogens with two attached hydrogens (primary N) is 1. The summed E-state index contributed by atoms with van der Waals surface area (Å²) in [7, 11) is 0. The number of carbonyl (C=O) groups is 1. The Labute approximate surface area is 110 Å². The van der Waals surface area contributed by atoms with Crippen LogP contribution in [0.4, 0.5) is 10.7 Å². The van der Waals surface area contributed by atoms with Crippen LogP contribution in [0.25, 0.3) is 0 Å². The van der Waals surface area contributed by atoms with Crippen LogP contribution in [0, 0.1) is 5.92 Å². The number of aliphatic hydroxyl groups is 1. The van der Waals surface area contributed by atoms with Gasteiger partial charge < -0.3 is 15.7 Å². The van der Waals surface area contributed by atoms with Crippen LogP contribution < -0.4 is 10.6 Å². The Morgan fingerprint density at radius 1 is 1.44 bits per heavy atom. The lowest BCUT2D eigenvalue weighted by Gasteiger charge is -2.30. The summed E-state index contributed by atoms with van der Waals surface area (Å²) in [5, 5.41) is 10.7. The number of rotatable bonds is 3. The normalized spacial score (nSPS) is 24.3. The average Bonchev–Trinajstić information content (AvgIpc) is 3.12. The first-order valence-electron chi connectivity index (χ1n) is 6.51. The van der Waals surface area contributed by atoms with Crippen molar-refractivity contribution in [1.82, 2.24) is 0 Å². The van der Waals surface area contributed by atoms with Crippen molar-refractivity contribution in [3.8, 4) is 0 Å².